The Bertz CT molecular complexity index is 509. The van der Waals surface area contributed by atoms with Crippen LogP contribution in [0.1, 0.15) is 18.4 Å². The molecule has 0 spiro atoms. The maximum atomic E-state index is 12.2. The molecule has 0 aromatic heterocycles. The molecule has 0 radical (unpaired) electrons. The second-order valence-electron chi connectivity index (χ2n) is 4.01. The SMILES string of the molecule is Cc1ccc(S(=O)(=O)N2CCCCO2)c(Cl)c1. The van der Waals surface area contributed by atoms with E-state index in [0.29, 0.717) is 13.2 Å². The van der Waals surface area contributed by atoms with Crippen LogP contribution in [0.25, 0.3) is 0 Å². The molecule has 94 valence electrons. The summed E-state index contributed by atoms with van der Waals surface area (Å²) in [5, 5.41) is 0.235. The first-order chi connectivity index (χ1) is 8.01. The van der Waals surface area contributed by atoms with Gasteiger partial charge < -0.3 is 0 Å². The number of aryl methyl sites for hydroxylation is 1. The Morgan fingerprint density at radius 1 is 1.35 bits per heavy atom. The minimum atomic E-state index is -3.63. The van der Waals surface area contributed by atoms with Gasteiger partial charge in [-0.15, -0.1) is 0 Å². The minimum Gasteiger partial charge on any atom is -0.284 e. The van der Waals surface area contributed by atoms with E-state index in [1.807, 2.05) is 6.92 Å². The maximum absolute atomic E-state index is 12.2. The standard InChI is InChI=1S/C11H14ClNO3S/c1-9-4-5-11(10(12)8-9)17(14,15)13-6-2-3-7-16-13/h4-5,8H,2-3,6-7H2,1H3. The monoisotopic (exact) mass is 275 g/mol. The lowest BCUT2D eigenvalue weighted by atomic mass is 10.2. The molecule has 1 fully saturated rings. The van der Waals surface area contributed by atoms with Crippen LogP contribution >= 0.6 is 11.6 Å². The molecule has 0 bridgehead atoms. The molecular weight excluding hydrogens is 262 g/mol. The van der Waals surface area contributed by atoms with Gasteiger partial charge in [-0.1, -0.05) is 22.1 Å². The van der Waals surface area contributed by atoms with Gasteiger partial charge in [0.25, 0.3) is 10.0 Å². The molecule has 4 nitrogen and oxygen atoms in total. The summed E-state index contributed by atoms with van der Waals surface area (Å²) < 4.78 is 25.5. The molecule has 0 aliphatic carbocycles. The average molecular weight is 276 g/mol. The summed E-state index contributed by atoms with van der Waals surface area (Å²) in [5.41, 5.74) is 0.925. The predicted octanol–water partition coefficient (Wildman–Crippen LogP) is 2.36. The van der Waals surface area contributed by atoms with Gasteiger partial charge in [-0.2, -0.15) is 0 Å². The van der Waals surface area contributed by atoms with Crippen molar-refractivity contribution in [2.45, 2.75) is 24.7 Å². The summed E-state index contributed by atoms with van der Waals surface area (Å²) in [5.74, 6) is 0. The molecule has 1 heterocycles. The molecule has 2 rings (SSSR count). The fraction of sp³-hybridized carbons (Fsp3) is 0.455. The van der Waals surface area contributed by atoms with Crippen LogP contribution in [0.3, 0.4) is 0 Å². The molecule has 0 atom stereocenters. The molecule has 1 aromatic rings. The Morgan fingerprint density at radius 2 is 2.12 bits per heavy atom. The molecule has 1 aromatic carbocycles. The second-order valence-corrected chi connectivity index (χ2v) is 6.21. The molecule has 17 heavy (non-hydrogen) atoms. The Morgan fingerprint density at radius 3 is 2.71 bits per heavy atom. The number of benzene rings is 1. The average Bonchev–Trinajstić information content (AvgIpc) is 2.29. The van der Waals surface area contributed by atoms with Crippen LogP contribution < -0.4 is 0 Å². The first-order valence-corrected chi connectivity index (χ1v) is 7.25. The van der Waals surface area contributed by atoms with Gasteiger partial charge in [0.1, 0.15) is 4.90 Å². The van der Waals surface area contributed by atoms with Gasteiger partial charge in [0.15, 0.2) is 0 Å². The van der Waals surface area contributed by atoms with Crippen molar-refractivity contribution in [1.82, 2.24) is 4.47 Å². The molecule has 0 amide bonds. The summed E-state index contributed by atoms with van der Waals surface area (Å²) in [6, 6.07) is 4.88. The Kier molecular flexibility index (Phi) is 3.73. The van der Waals surface area contributed by atoms with E-state index >= 15 is 0 Å². The summed E-state index contributed by atoms with van der Waals surface area (Å²) in [6.45, 7) is 2.68. The highest BCUT2D eigenvalue weighted by atomic mass is 35.5. The van der Waals surface area contributed by atoms with E-state index in [4.69, 9.17) is 16.4 Å². The first-order valence-electron chi connectivity index (χ1n) is 5.43. The van der Waals surface area contributed by atoms with Gasteiger partial charge in [-0.25, -0.2) is 8.42 Å². The lowest BCUT2D eigenvalue weighted by Gasteiger charge is -2.25. The second kappa shape index (κ2) is 4.94. The largest absolute Gasteiger partial charge is 0.284 e. The number of rotatable bonds is 2. The van der Waals surface area contributed by atoms with Crippen molar-refractivity contribution in [3.63, 3.8) is 0 Å². The zero-order valence-corrected chi connectivity index (χ0v) is 11.1. The van der Waals surface area contributed by atoms with Gasteiger partial charge in [-0.05, 0) is 37.5 Å². The molecule has 0 N–H and O–H groups in total. The van der Waals surface area contributed by atoms with E-state index in [1.165, 1.54) is 6.07 Å². The predicted molar refractivity (Wildman–Crippen MR) is 65.3 cm³/mol. The minimum absolute atomic E-state index is 0.103. The van der Waals surface area contributed by atoms with Crippen molar-refractivity contribution in [2.24, 2.45) is 0 Å². The molecule has 0 unspecified atom stereocenters. The van der Waals surface area contributed by atoms with Crippen molar-refractivity contribution in [3.05, 3.63) is 28.8 Å². The number of halogens is 1. The van der Waals surface area contributed by atoms with Gasteiger partial charge >= 0.3 is 0 Å². The third-order valence-corrected chi connectivity index (χ3v) is 4.76. The lowest BCUT2D eigenvalue weighted by molar-refractivity contribution is -0.108. The molecule has 1 saturated heterocycles. The third kappa shape index (κ3) is 2.63. The van der Waals surface area contributed by atoms with Gasteiger partial charge in [-0.3, -0.25) is 4.84 Å². The van der Waals surface area contributed by atoms with E-state index in [-0.39, 0.29) is 9.92 Å². The topological polar surface area (TPSA) is 46.6 Å². The van der Waals surface area contributed by atoms with Gasteiger partial charge in [0, 0.05) is 6.54 Å². The van der Waals surface area contributed by atoms with Crippen LogP contribution in [0.5, 0.6) is 0 Å². The Hall–Kier alpha value is -0.620. The summed E-state index contributed by atoms with van der Waals surface area (Å²) in [4.78, 5) is 5.27. The summed E-state index contributed by atoms with van der Waals surface area (Å²) >= 11 is 5.97. The number of hydrogen-bond donors (Lipinski definition) is 0. The van der Waals surface area contributed by atoms with Crippen molar-refractivity contribution in [2.75, 3.05) is 13.2 Å². The molecular formula is C11H14ClNO3S. The molecule has 0 saturated carbocycles. The van der Waals surface area contributed by atoms with E-state index in [9.17, 15) is 8.42 Å². The zero-order valence-electron chi connectivity index (χ0n) is 9.52. The highest BCUT2D eigenvalue weighted by molar-refractivity contribution is 7.89. The van der Waals surface area contributed by atoms with Gasteiger partial charge in [0.05, 0.1) is 11.6 Å². The van der Waals surface area contributed by atoms with E-state index in [2.05, 4.69) is 0 Å². The van der Waals surface area contributed by atoms with E-state index < -0.39 is 10.0 Å². The lowest BCUT2D eigenvalue weighted by Crippen LogP contribution is -2.35. The summed E-state index contributed by atoms with van der Waals surface area (Å²) in [6.07, 6.45) is 1.69. The fourth-order valence-electron chi connectivity index (χ4n) is 1.69. The van der Waals surface area contributed by atoms with Crippen molar-refractivity contribution >= 4 is 21.6 Å². The molecule has 1 aliphatic rings. The van der Waals surface area contributed by atoms with Crippen LogP contribution in [0, 0.1) is 6.92 Å². The highest BCUT2D eigenvalue weighted by Gasteiger charge is 2.29. The van der Waals surface area contributed by atoms with Crippen molar-refractivity contribution in [3.8, 4) is 0 Å². The number of sulfonamides is 1. The normalized spacial score (nSPS) is 18.2. The van der Waals surface area contributed by atoms with Crippen LogP contribution in [-0.4, -0.2) is 26.0 Å². The molecule has 6 heteroatoms. The van der Waals surface area contributed by atoms with E-state index in [0.717, 1.165) is 22.9 Å². The Balaban J connectivity index is 2.37. The van der Waals surface area contributed by atoms with Crippen molar-refractivity contribution in [1.29, 1.82) is 0 Å². The first kappa shape index (κ1) is 12.8. The van der Waals surface area contributed by atoms with Crippen LogP contribution in [0.4, 0.5) is 0 Å². The maximum Gasteiger partial charge on any atom is 0.266 e. The molecule has 1 aliphatic heterocycles. The fourth-order valence-corrected chi connectivity index (χ4v) is 3.56. The number of hydrogen-bond acceptors (Lipinski definition) is 3. The third-order valence-electron chi connectivity index (χ3n) is 2.60. The van der Waals surface area contributed by atoms with E-state index in [1.54, 1.807) is 12.1 Å². The smallest absolute Gasteiger partial charge is 0.266 e. The van der Waals surface area contributed by atoms with Crippen molar-refractivity contribution < 1.29 is 13.3 Å². The number of hydroxylamine groups is 1. The zero-order chi connectivity index (χ0) is 12.5. The number of nitrogens with zero attached hydrogens (tertiary/aromatic N) is 1. The summed E-state index contributed by atoms with van der Waals surface area (Å²) in [7, 11) is -3.63. The van der Waals surface area contributed by atoms with Crippen LogP contribution in [0.2, 0.25) is 5.02 Å². The Labute approximate surface area is 106 Å². The quantitative estimate of drug-likeness (QED) is 0.832. The highest BCUT2D eigenvalue weighted by Crippen LogP contribution is 2.27. The van der Waals surface area contributed by atoms with Crippen LogP contribution in [-0.2, 0) is 14.9 Å². The van der Waals surface area contributed by atoms with Gasteiger partial charge in [0.2, 0.25) is 0 Å². The van der Waals surface area contributed by atoms with Crippen LogP contribution in [0.15, 0.2) is 23.1 Å².